The van der Waals surface area contributed by atoms with Crippen molar-refractivity contribution in [1.82, 2.24) is 19.9 Å². The van der Waals surface area contributed by atoms with Gasteiger partial charge in [0.05, 0.1) is 0 Å². The molecular weight excluding hydrogens is 633 g/mol. The lowest BCUT2D eigenvalue weighted by Crippen LogP contribution is -2.00. The van der Waals surface area contributed by atoms with E-state index in [0.717, 1.165) is 55.6 Å². The van der Waals surface area contributed by atoms with E-state index in [0.29, 0.717) is 17.5 Å². The van der Waals surface area contributed by atoms with E-state index in [-0.39, 0.29) is 0 Å². The number of hydrogen-bond donors (Lipinski definition) is 0. The largest absolute Gasteiger partial charge is 0.264 e. The lowest BCUT2D eigenvalue weighted by molar-refractivity contribution is 1.07. The number of pyridine rings is 1. The van der Waals surface area contributed by atoms with Crippen LogP contribution in [0.1, 0.15) is 0 Å². The molecule has 4 nitrogen and oxygen atoms in total. The van der Waals surface area contributed by atoms with Gasteiger partial charge in [-0.3, -0.25) is 4.98 Å². The van der Waals surface area contributed by atoms with Crippen molar-refractivity contribution in [3.63, 3.8) is 0 Å². The fourth-order valence-electron chi connectivity index (χ4n) is 6.64. The minimum absolute atomic E-state index is 0.617. The molecule has 0 aliphatic carbocycles. The zero-order valence-corrected chi connectivity index (χ0v) is 28.3. The molecule has 2 aromatic heterocycles. The average molecular weight is 665 g/mol. The molecule has 2 heterocycles. The topological polar surface area (TPSA) is 51.6 Å². The summed E-state index contributed by atoms with van der Waals surface area (Å²) in [6.07, 6.45) is 3.69. The summed E-state index contributed by atoms with van der Waals surface area (Å²) in [5.74, 6) is 1.88. The van der Waals surface area contributed by atoms with Crippen LogP contribution >= 0.6 is 0 Å². The number of hydrogen-bond acceptors (Lipinski definition) is 4. The molecule has 0 amide bonds. The lowest BCUT2D eigenvalue weighted by atomic mass is 9.94. The molecule has 0 atom stereocenters. The number of rotatable bonds is 7. The molecule has 0 saturated carbocycles. The summed E-state index contributed by atoms with van der Waals surface area (Å²) in [5, 5.41) is 2.40. The van der Waals surface area contributed by atoms with Gasteiger partial charge < -0.3 is 0 Å². The van der Waals surface area contributed by atoms with E-state index in [9.17, 15) is 0 Å². The van der Waals surface area contributed by atoms with Crippen molar-refractivity contribution in [2.45, 2.75) is 0 Å². The molecular formula is C48H32N4. The average Bonchev–Trinajstić information content (AvgIpc) is 3.24. The van der Waals surface area contributed by atoms with Crippen molar-refractivity contribution < 1.29 is 0 Å². The number of benzene rings is 7. The number of aromatic nitrogens is 4. The van der Waals surface area contributed by atoms with Crippen LogP contribution in [0.5, 0.6) is 0 Å². The first kappa shape index (κ1) is 31.0. The van der Waals surface area contributed by atoms with Gasteiger partial charge in [-0.25, -0.2) is 15.0 Å². The molecule has 0 spiro atoms. The van der Waals surface area contributed by atoms with Gasteiger partial charge >= 0.3 is 0 Å². The number of fused-ring (bicyclic) bond motifs is 1. The normalized spacial score (nSPS) is 11.1. The van der Waals surface area contributed by atoms with Crippen molar-refractivity contribution >= 4 is 10.8 Å². The Hall–Kier alpha value is -7.04. The Bertz CT molecular complexity index is 2640. The van der Waals surface area contributed by atoms with Gasteiger partial charge in [0.1, 0.15) is 0 Å². The Balaban J connectivity index is 1.20. The maximum atomic E-state index is 5.15. The van der Waals surface area contributed by atoms with Crippen molar-refractivity contribution in [1.29, 1.82) is 0 Å². The van der Waals surface area contributed by atoms with Gasteiger partial charge in [0.2, 0.25) is 0 Å². The highest BCUT2D eigenvalue weighted by atomic mass is 15.0. The monoisotopic (exact) mass is 664 g/mol. The fraction of sp³-hybridized carbons (Fsp3) is 0. The van der Waals surface area contributed by atoms with Crippen molar-refractivity contribution in [2.75, 3.05) is 0 Å². The molecule has 4 heteroatoms. The van der Waals surface area contributed by atoms with Crippen LogP contribution in [-0.4, -0.2) is 19.9 Å². The quantitative estimate of drug-likeness (QED) is 0.170. The molecule has 52 heavy (non-hydrogen) atoms. The summed E-state index contributed by atoms with van der Waals surface area (Å²) in [5.41, 5.74) is 11.7. The smallest absolute Gasteiger partial charge is 0.164 e. The first-order chi connectivity index (χ1) is 25.7. The zero-order valence-electron chi connectivity index (χ0n) is 28.3. The first-order valence-corrected chi connectivity index (χ1v) is 17.4. The van der Waals surface area contributed by atoms with E-state index in [1.165, 1.54) is 16.3 Å². The van der Waals surface area contributed by atoms with E-state index in [1.54, 1.807) is 6.20 Å². The molecule has 0 fully saturated rings. The highest BCUT2D eigenvalue weighted by Gasteiger charge is 2.15. The maximum absolute atomic E-state index is 5.15. The van der Waals surface area contributed by atoms with Gasteiger partial charge in [0.15, 0.2) is 17.5 Å². The maximum Gasteiger partial charge on any atom is 0.164 e. The van der Waals surface area contributed by atoms with Gasteiger partial charge in [-0.1, -0.05) is 152 Å². The van der Waals surface area contributed by atoms with Gasteiger partial charge in [0.25, 0.3) is 0 Å². The second-order valence-corrected chi connectivity index (χ2v) is 12.8. The molecule has 7 aromatic carbocycles. The molecule has 0 aliphatic heterocycles. The van der Waals surface area contributed by atoms with E-state index in [4.69, 9.17) is 15.0 Å². The zero-order chi connectivity index (χ0) is 34.7. The summed E-state index contributed by atoms with van der Waals surface area (Å²) in [4.78, 5) is 19.6. The standard InChI is InChI=1S/C48H32N4/c1-3-10-33(11-4-1)35-21-24-39(25-22-35)47-50-46(38-13-5-2-6-14-38)51-48(52-47)45-30-43(37-19-17-36(18-20-37)42-16-9-27-49-32-42)29-44(31-45)41-26-23-34-12-7-8-15-40(34)28-41/h1-32H. The molecule has 0 radical (unpaired) electrons. The highest BCUT2D eigenvalue weighted by molar-refractivity contribution is 5.89. The van der Waals surface area contributed by atoms with Crippen LogP contribution in [0.3, 0.4) is 0 Å². The van der Waals surface area contributed by atoms with Crippen molar-refractivity contribution in [2.24, 2.45) is 0 Å². The minimum Gasteiger partial charge on any atom is -0.264 e. The fourth-order valence-corrected chi connectivity index (χ4v) is 6.64. The molecule has 0 N–H and O–H groups in total. The highest BCUT2D eigenvalue weighted by Crippen LogP contribution is 2.35. The van der Waals surface area contributed by atoms with Crippen LogP contribution in [0, 0.1) is 0 Å². The van der Waals surface area contributed by atoms with Crippen LogP contribution in [-0.2, 0) is 0 Å². The minimum atomic E-state index is 0.617. The predicted molar refractivity (Wildman–Crippen MR) is 213 cm³/mol. The Kier molecular flexibility index (Phi) is 8.16. The third kappa shape index (κ3) is 6.37. The van der Waals surface area contributed by atoms with Gasteiger partial charge in [0, 0.05) is 29.1 Å². The van der Waals surface area contributed by atoms with E-state index < -0.39 is 0 Å². The summed E-state index contributed by atoms with van der Waals surface area (Å²) in [6.45, 7) is 0. The molecule has 244 valence electrons. The SMILES string of the molecule is c1ccc(-c2ccc(-c3nc(-c4ccccc4)nc(-c4cc(-c5ccc(-c6cccnc6)cc5)cc(-c5ccc6ccccc6c5)c4)n3)cc2)cc1. The Labute approximate surface area is 302 Å². The van der Waals surface area contributed by atoms with E-state index in [1.807, 2.05) is 48.7 Å². The molecule has 0 aliphatic rings. The molecule has 0 bridgehead atoms. The summed E-state index contributed by atoms with van der Waals surface area (Å²) >= 11 is 0. The van der Waals surface area contributed by atoms with Crippen LogP contribution in [0.4, 0.5) is 0 Å². The predicted octanol–water partition coefficient (Wildman–Crippen LogP) is 12.1. The van der Waals surface area contributed by atoms with Crippen LogP contribution in [0.25, 0.3) is 89.4 Å². The molecule has 9 aromatic rings. The third-order valence-electron chi connectivity index (χ3n) is 9.40. The van der Waals surface area contributed by atoms with Crippen molar-refractivity contribution in [3.8, 4) is 78.7 Å². The Morgan fingerprint density at radius 2 is 0.673 bits per heavy atom. The first-order valence-electron chi connectivity index (χ1n) is 17.4. The van der Waals surface area contributed by atoms with Gasteiger partial charge in [-0.15, -0.1) is 0 Å². The Morgan fingerprint density at radius 1 is 0.250 bits per heavy atom. The lowest BCUT2D eigenvalue weighted by Gasteiger charge is -2.13. The van der Waals surface area contributed by atoms with Gasteiger partial charge in [-0.05, 0) is 85.6 Å². The summed E-state index contributed by atoms with van der Waals surface area (Å²) in [7, 11) is 0. The summed E-state index contributed by atoms with van der Waals surface area (Å²) in [6, 6.07) is 63.4. The molecule has 9 rings (SSSR count). The van der Waals surface area contributed by atoms with E-state index >= 15 is 0 Å². The van der Waals surface area contributed by atoms with Crippen LogP contribution < -0.4 is 0 Å². The Morgan fingerprint density at radius 3 is 1.31 bits per heavy atom. The second-order valence-electron chi connectivity index (χ2n) is 12.8. The van der Waals surface area contributed by atoms with E-state index in [2.05, 4.69) is 145 Å². The van der Waals surface area contributed by atoms with Gasteiger partial charge in [-0.2, -0.15) is 0 Å². The van der Waals surface area contributed by atoms with Crippen molar-refractivity contribution in [3.05, 3.63) is 194 Å². The number of nitrogens with zero attached hydrogens (tertiary/aromatic N) is 4. The molecule has 0 unspecified atom stereocenters. The van der Waals surface area contributed by atoms with Crippen LogP contribution in [0.15, 0.2) is 194 Å². The van der Waals surface area contributed by atoms with Crippen LogP contribution in [0.2, 0.25) is 0 Å². The third-order valence-corrected chi connectivity index (χ3v) is 9.40. The molecule has 0 saturated heterocycles. The second kappa shape index (κ2) is 13.7. The summed E-state index contributed by atoms with van der Waals surface area (Å²) < 4.78 is 0.